The molecule has 2 aromatic carbocycles. The Morgan fingerprint density at radius 1 is 0.833 bits per heavy atom. The molecule has 4 unspecified atom stereocenters. The Labute approximate surface area is 178 Å². The number of benzene rings is 2. The molecule has 1 saturated carbocycles. The fourth-order valence-corrected chi connectivity index (χ4v) is 11.1. The molecule has 0 heterocycles. The second-order valence-electron chi connectivity index (χ2n) is 8.56. The summed E-state index contributed by atoms with van der Waals surface area (Å²) in [5.74, 6) is -0.348. The lowest BCUT2D eigenvalue weighted by atomic mass is 9.68. The van der Waals surface area contributed by atoms with Gasteiger partial charge in [-0.3, -0.25) is 0 Å². The molecular weight excluding hydrogens is 416 g/mol. The minimum Gasteiger partial charge on any atom is -0.223 e. The van der Waals surface area contributed by atoms with Gasteiger partial charge in [0.25, 0.3) is 0 Å². The Hall–Kier alpha value is -2.18. The maximum Gasteiger partial charge on any atom is 0.183 e. The van der Waals surface area contributed by atoms with E-state index in [2.05, 4.69) is 13.0 Å². The Kier molecular flexibility index (Phi) is 4.39. The van der Waals surface area contributed by atoms with E-state index in [-0.39, 0.29) is 15.7 Å². The summed E-state index contributed by atoms with van der Waals surface area (Å²) in [6, 6.07) is 16.6. The first kappa shape index (κ1) is 19.8. The molecule has 2 aromatic rings. The zero-order valence-electron chi connectivity index (χ0n) is 16.7. The molecule has 3 aliphatic carbocycles. The largest absolute Gasteiger partial charge is 0.223 e. The van der Waals surface area contributed by atoms with E-state index >= 15 is 0 Å². The number of hydrogen-bond acceptors (Lipinski definition) is 4. The van der Waals surface area contributed by atoms with Gasteiger partial charge in [-0.15, -0.1) is 0 Å². The van der Waals surface area contributed by atoms with Gasteiger partial charge in [-0.1, -0.05) is 67.1 Å². The first-order chi connectivity index (χ1) is 14.3. The van der Waals surface area contributed by atoms with Crippen LogP contribution in [-0.2, 0) is 19.7 Å². The van der Waals surface area contributed by atoms with Crippen LogP contribution in [0, 0.1) is 17.3 Å². The van der Waals surface area contributed by atoms with Crippen molar-refractivity contribution in [2.45, 2.75) is 40.1 Å². The molecule has 6 heteroatoms. The van der Waals surface area contributed by atoms with Gasteiger partial charge in [0, 0.05) is 11.3 Å². The molecular formula is C24H24O4S2. The quantitative estimate of drug-likeness (QED) is 0.668. The van der Waals surface area contributed by atoms with Gasteiger partial charge in [-0.05, 0) is 43.0 Å². The van der Waals surface area contributed by atoms with E-state index in [0.717, 1.165) is 18.4 Å². The lowest BCUT2D eigenvalue weighted by Crippen LogP contribution is -2.50. The molecule has 5 rings (SSSR count). The summed E-state index contributed by atoms with van der Waals surface area (Å²) < 4.78 is 55.6. The van der Waals surface area contributed by atoms with Crippen LogP contribution in [0.3, 0.4) is 0 Å². The Morgan fingerprint density at radius 3 is 2.00 bits per heavy atom. The first-order valence-electron chi connectivity index (χ1n) is 10.3. The number of allylic oxidation sites excluding steroid dienone is 4. The Morgan fingerprint density at radius 2 is 1.40 bits per heavy atom. The van der Waals surface area contributed by atoms with E-state index in [1.165, 1.54) is 0 Å². The van der Waals surface area contributed by atoms with Crippen molar-refractivity contribution in [2.75, 3.05) is 0 Å². The van der Waals surface area contributed by atoms with Gasteiger partial charge in [0.1, 0.15) is 0 Å². The Bertz CT molecular complexity index is 1240. The van der Waals surface area contributed by atoms with Crippen LogP contribution in [0.25, 0.3) is 0 Å². The molecule has 4 nitrogen and oxygen atoms in total. The van der Waals surface area contributed by atoms with Crippen molar-refractivity contribution in [3.05, 3.63) is 84.5 Å². The maximum atomic E-state index is 14.0. The molecule has 0 N–H and O–H groups in total. The lowest BCUT2D eigenvalue weighted by Gasteiger charge is -2.42. The summed E-state index contributed by atoms with van der Waals surface area (Å²) >= 11 is 0. The van der Waals surface area contributed by atoms with Crippen LogP contribution in [0.5, 0.6) is 0 Å². The van der Waals surface area contributed by atoms with Gasteiger partial charge in [0.15, 0.2) is 19.7 Å². The van der Waals surface area contributed by atoms with Crippen molar-refractivity contribution in [1.82, 2.24) is 0 Å². The van der Waals surface area contributed by atoms with Crippen molar-refractivity contribution in [3.8, 4) is 0 Å². The van der Waals surface area contributed by atoms with E-state index in [0.29, 0.717) is 0 Å². The highest BCUT2D eigenvalue weighted by Crippen LogP contribution is 2.65. The smallest absolute Gasteiger partial charge is 0.183 e. The number of sulfone groups is 2. The molecule has 0 aromatic heterocycles. The zero-order valence-corrected chi connectivity index (χ0v) is 18.3. The number of rotatable bonds is 4. The molecule has 0 amide bonds. The monoisotopic (exact) mass is 440 g/mol. The summed E-state index contributed by atoms with van der Waals surface area (Å²) in [5, 5.41) is -2.06. The first-order valence-corrected chi connectivity index (χ1v) is 13.4. The minimum atomic E-state index is -3.89. The lowest BCUT2D eigenvalue weighted by molar-refractivity contribution is 0.281. The molecule has 0 spiro atoms. The van der Waals surface area contributed by atoms with Gasteiger partial charge in [-0.25, -0.2) is 16.8 Å². The third-order valence-electron chi connectivity index (χ3n) is 7.18. The fraction of sp³-hybridized carbons (Fsp3) is 0.333. The predicted octanol–water partition coefficient (Wildman–Crippen LogP) is 4.21. The SMILES string of the molecule is C[C@@H]1CCC=C2C3C=CC21C(S(=O)(=O)c1ccccc1)C3S(=O)(=O)c1ccccc1. The second kappa shape index (κ2) is 6.66. The van der Waals surface area contributed by atoms with Crippen LogP contribution in [0.15, 0.2) is 94.3 Å². The molecule has 1 fully saturated rings. The minimum absolute atomic E-state index is 0.0539. The molecule has 5 atom stereocenters. The van der Waals surface area contributed by atoms with Crippen molar-refractivity contribution < 1.29 is 16.8 Å². The fourth-order valence-electron chi connectivity index (χ4n) is 5.84. The van der Waals surface area contributed by atoms with E-state index in [1.807, 2.05) is 12.2 Å². The third-order valence-corrected chi connectivity index (χ3v) is 11.8. The summed E-state index contributed by atoms with van der Waals surface area (Å²) in [7, 11) is -7.76. The standard InChI is InChI=1S/C24H24O4S2/c1-17-9-8-14-21-20-15-16-24(17,21)23(30(27,28)19-12-6-3-7-13-19)22(20)29(25,26)18-10-4-2-5-11-18/h2-7,10-17,20,22-23H,8-9H2,1H3/t17-,20?,22?,23?,24?/m1/s1. The highest BCUT2D eigenvalue weighted by molar-refractivity contribution is 7.96. The highest BCUT2D eigenvalue weighted by atomic mass is 32.2. The van der Waals surface area contributed by atoms with Crippen molar-refractivity contribution in [3.63, 3.8) is 0 Å². The van der Waals surface area contributed by atoms with Crippen molar-refractivity contribution >= 4 is 19.7 Å². The van der Waals surface area contributed by atoms with Crippen molar-refractivity contribution in [1.29, 1.82) is 0 Å². The summed E-state index contributed by atoms with van der Waals surface area (Å²) in [6.45, 7) is 2.06. The molecule has 156 valence electrons. The average molecular weight is 441 g/mol. The predicted molar refractivity (Wildman–Crippen MR) is 116 cm³/mol. The normalized spacial score (nSPS) is 32.6. The third kappa shape index (κ3) is 2.50. The Balaban J connectivity index is 1.78. The molecule has 2 bridgehead atoms. The topological polar surface area (TPSA) is 68.3 Å². The maximum absolute atomic E-state index is 14.0. The van der Waals surface area contributed by atoms with Crippen LogP contribution < -0.4 is 0 Å². The second-order valence-corrected chi connectivity index (χ2v) is 12.7. The van der Waals surface area contributed by atoms with E-state index in [1.54, 1.807) is 60.7 Å². The molecule has 0 aliphatic heterocycles. The van der Waals surface area contributed by atoms with Crippen LogP contribution in [0.4, 0.5) is 0 Å². The molecule has 0 saturated heterocycles. The van der Waals surface area contributed by atoms with Crippen LogP contribution in [0.2, 0.25) is 0 Å². The molecule has 0 radical (unpaired) electrons. The van der Waals surface area contributed by atoms with Crippen LogP contribution in [-0.4, -0.2) is 27.3 Å². The van der Waals surface area contributed by atoms with Gasteiger partial charge in [0.2, 0.25) is 0 Å². The molecule has 30 heavy (non-hydrogen) atoms. The van der Waals surface area contributed by atoms with Crippen LogP contribution in [0.1, 0.15) is 19.8 Å². The van der Waals surface area contributed by atoms with Gasteiger partial charge >= 0.3 is 0 Å². The number of hydrogen-bond donors (Lipinski definition) is 0. The van der Waals surface area contributed by atoms with E-state index in [4.69, 9.17) is 0 Å². The van der Waals surface area contributed by atoms with E-state index in [9.17, 15) is 16.8 Å². The highest BCUT2D eigenvalue weighted by Gasteiger charge is 2.68. The molecule has 3 aliphatic rings. The summed E-state index contributed by atoms with van der Waals surface area (Å²) in [4.78, 5) is 0.376. The summed E-state index contributed by atoms with van der Waals surface area (Å²) in [6.07, 6.45) is 7.73. The average Bonchev–Trinajstić information content (AvgIpc) is 3.29. The van der Waals surface area contributed by atoms with Gasteiger partial charge in [-0.2, -0.15) is 0 Å². The van der Waals surface area contributed by atoms with Gasteiger partial charge < -0.3 is 0 Å². The van der Waals surface area contributed by atoms with Gasteiger partial charge in [0.05, 0.1) is 20.3 Å². The van der Waals surface area contributed by atoms with E-state index < -0.39 is 41.5 Å². The van der Waals surface area contributed by atoms with Crippen molar-refractivity contribution in [2.24, 2.45) is 17.3 Å². The van der Waals surface area contributed by atoms with Crippen LogP contribution >= 0.6 is 0 Å². The zero-order chi connectivity index (χ0) is 21.1. The summed E-state index contributed by atoms with van der Waals surface area (Å²) in [5.41, 5.74) is 0.222.